The maximum Gasteiger partial charge on any atom is 0.447 e. The molecule has 0 heterocycles. The minimum Gasteiger partial charge on any atom is -0.347 e. The molecule has 0 saturated heterocycles. The van der Waals surface area contributed by atoms with Gasteiger partial charge in [0.15, 0.2) is 0 Å². The van der Waals surface area contributed by atoms with Gasteiger partial charge in [-0.1, -0.05) is 0 Å². The Hall–Kier alpha value is -0.810. The van der Waals surface area contributed by atoms with E-state index >= 15 is 0 Å². The van der Waals surface area contributed by atoms with E-state index in [9.17, 15) is 22.0 Å². The SMILES string of the molecule is CCN(CC)/C(F)=C(/F)C(F)(F)F. The van der Waals surface area contributed by atoms with Crippen molar-refractivity contribution in [1.29, 1.82) is 0 Å². The molecule has 6 heteroatoms. The molecule has 1 nitrogen and oxygen atoms in total. The molecule has 0 aromatic rings. The number of hydrogen-bond donors (Lipinski definition) is 0. The highest BCUT2D eigenvalue weighted by atomic mass is 19.4. The van der Waals surface area contributed by atoms with Crippen LogP contribution in [0.25, 0.3) is 0 Å². The van der Waals surface area contributed by atoms with Gasteiger partial charge in [0.25, 0.3) is 5.83 Å². The van der Waals surface area contributed by atoms with Crippen LogP contribution < -0.4 is 0 Å². The van der Waals surface area contributed by atoms with Gasteiger partial charge in [0.1, 0.15) is 0 Å². The Balaban J connectivity index is 4.79. The van der Waals surface area contributed by atoms with E-state index in [0.717, 1.165) is 0 Å². The maximum atomic E-state index is 12.7. The zero-order chi connectivity index (χ0) is 10.6. The normalized spacial score (nSPS) is 14.1. The van der Waals surface area contributed by atoms with Crippen molar-refractivity contribution in [3.63, 3.8) is 0 Å². The Bertz CT molecular complexity index is 192. The lowest BCUT2D eigenvalue weighted by atomic mass is 10.4. The summed E-state index contributed by atoms with van der Waals surface area (Å²) in [6.07, 6.45) is -5.24. The molecule has 0 saturated carbocycles. The highest BCUT2D eigenvalue weighted by molar-refractivity contribution is 5.04. The van der Waals surface area contributed by atoms with E-state index in [1.54, 1.807) is 0 Å². The predicted octanol–water partition coefficient (Wildman–Crippen LogP) is 3.00. The van der Waals surface area contributed by atoms with Crippen LogP contribution in [0, 0.1) is 0 Å². The highest BCUT2D eigenvalue weighted by Gasteiger charge is 2.39. The van der Waals surface area contributed by atoms with Crippen LogP contribution in [0.1, 0.15) is 13.8 Å². The minimum atomic E-state index is -5.24. The van der Waals surface area contributed by atoms with Crippen LogP contribution >= 0.6 is 0 Å². The second kappa shape index (κ2) is 4.43. The zero-order valence-corrected chi connectivity index (χ0v) is 7.25. The van der Waals surface area contributed by atoms with Crippen molar-refractivity contribution < 1.29 is 22.0 Å². The van der Waals surface area contributed by atoms with Crippen LogP contribution in [-0.2, 0) is 0 Å². The van der Waals surface area contributed by atoms with E-state index in [1.807, 2.05) is 0 Å². The van der Waals surface area contributed by atoms with Gasteiger partial charge in [-0.05, 0) is 13.8 Å². The first-order chi connectivity index (χ1) is 5.84. The second-order valence-corrected chi connectivity index (χ2v) is 2.27. The monoisotopic (exact) mass is 203 g/mol. The third-order valence-electron chi connectivity index (χ3n) is 1.47. The van der Waals surface area contributed by atoms with E-state index in [2.05, 4.69) is 0 Å². The van der Waals surface area contributed by atoms with Crippen molar-refractivity contribution in [3.8, 4) is 0 Å². The van der Waals surface area contributed by atoms with Crippen molar-refractivity contribution in [1.82, 2.24) is 4.90 Å². The molecule has 78 valence electrons. The standard InChI is InChI=1S/C7H10F5N/c1-3-13(4-2)6(9)5(8)7(10,11)12/h3-4H2,1-2H3/b6-5+. The summed E-state index contributed by atoms with van der Waals surface area (Å²) in [6.45, 7) is 2.86. The summed E-state index contributed by atoms with van der Waals surface area (Å²) in [5.74, 6) is -4.52. The zero-order valence-electron chi connectivity index (χ0n) is 7.25. The molecule has 0 rings (SSSR count). The van der Waals surface area contributed by atoms with Gasteiger partial charge in [0.2, 0.25) is 5.95 Å². The molecule has 0 radical (unpaired) electrons. The van der Waals surface area contributed by atoms with E-state index < -0.39 is 18.0 Å². The summed E-state index contributed by atoms with van der Waals surface area (Å²) >= 11 is 0. The molecule has 0 amide bonds. The fourth-order valence-corrected chi connectivity index (χ4v) is 0.757. The van der Waals surface area contributed by atoms with Crippen molar-refractivity contribution >= 4 is 0 Å². The molecule has 0 atom stereocenters. The fraction of sp³-hybridized carbons (Fsp3) is 0.714. The van der Waals surface area contributed by atoms with Gasteiger partial charge in [-0.15, -0.1) is 0 Å². The predicted molar refractivity (Wildman–Crippen MR) is 38.2 cm³/mol. The largest absolute Gasteiger partial charge is 0.447 e. The van der Waals surface area contributed by atoms with Crippen molar-refractivity contribution in [3.05, 3.63) is 11.8 Å². The van der Waals surface area contributed by atoms with E-state index in [4.69, 9.17) is 0 Å². The smallest absolute Gasteiger partial charge is 0.347 e. The number of rotatable bonds is 3. The van der Waals surface area contributed by atoms with Crippen molar-refractivity contribution in [2.24, 2.45) is 0 Å². The number of halogens is 5. The molecule has 0 N–H and O–H groups in total. The first-order valence-corrected chi connectivity index (χ1v) is 3.72. The van der Waals surface area contributed by atoms with Gasteiger partial charge in [-0.3, -0.25) is 0 Å². The molecule has 0 aromatic heterocycles. The van der Waals surface area contributed by atoms with Crippen LogP contribution in [0.5, 0.6) is 0 Å². The Labute approximate surface area is 72.8 Å². The van der Waals surface area contributed by atoms with Crippen molar-refractivity contribution in [2.45, 2.75) is 20.0 Å². The number of alkyl halides is 3. The van der Waals surface area contributed by atoms with Crippen LogP contribution in [0.2, 0.25) is 0 Å². The Morgan fingerprint density at radius 2 is 1.46 bits per heavy atom. The molecule has 13 heavy (non-hydrogen) atoms. The van der Waals surface area contributed by atoms with Crippen LogP contribution in [0.3, 0.4) is 0 Å². The molecule has 0 aliphatic heterocycles. The summed E-state index contributed by atoms with van der Waals surface area (Å²) in [4.78, 5) is 0.656. The molecular weight excluding hydrogens is 193 g/mol. The lowest BCUT2D eigenvalue weighted by molar-refractivity contribution is -0.113. The quantitative estimate of drug-likeness (QED) is 0.503. The lowest BCUT2D eigenvalue weighted by Crippen LogP contribution is -2.24. The average Bonchev–Trinajstić information content (AvgIpc) is 2.03. The van der Waals surface area contributed by atoms with E-state index in [-0.39, 0.29) is 13.1 Å². The number of nitrogens with zero attached hydrogens (tertiary/aromatic N) is 1. The second-order valence-electron chi connectivity index (χ2n) is 2.27. The average molecular weight is 203 g/mol. The van der Waals surface area contributed by atoms with Gasteiger partial charge in [0.05, 0.1) is 0 Å². The van der Waals surface area contributed by atoms with Crippen molar-refractivity contribution in [2.75, 3.05) is 13.1 Å². The first kappa shape index (κ1) is 12.2. The van der Waals surface area contributed by atoms with Gasteiger partial charge in [0, 0.05) is 13.1 Å². The fourth-order valence-electron chi connectivity index (χ4n) is 0.757. The summed E-state index contributed by atoms with van der Waals surface area (Å²) in [6, 6.07) is 0. The summed E-state index contributed by atoms with van der Waals surface area (Å²) in [5.41, 5.74) is 0. The molecule has 0 aromatic carbocycles. The summed E-state index contributed by atoms with van der Waals surface area (Å²) < 4.78 is 59.8. The van der Waals surface area contributed by atoms with Gasteiger partial charge < -0.3 is 4.90 Å². The Morgan fingerprint density at radius 1 is 1.08 bits per heavy atom. The molecular formula is C7H10F5N. The first-order valence-electron chi connectivity index (χ1n) is 3.72. The van der Waals surface area contributed by atoms with Gasteiger partial charge >= 0.3 is 6.18 Å². The third-order valence-corrected chi connectivity index (χ3v) is 1.47. The van der Waals surface area contributed by atoms with Crippen LogP contribution in [-0.4, -0.2) is 24.2 Å². The minimum absolute atomic E-state index is 0.00810. The summed E-state index contributed by atoms with van der Waals surface area (Å²) in [7, 11) is 0. The number of allylic oxidation sites excluding steroid dienone is 1. The molecule has 0 aliphatic carbocycles. The van der Waals surface area contributed by atoms with E-state index in [1.165, 1.54) is 13.8 Å². The Kier molecular flexibility index (Phi) is 4.16. The molecule has 0 unspecified atom stereocenters. The molecule has 0 fully saturated rings. The van der Waals surface area contributed by atoms with Crippen LogP contribution in [0.15, 0.2) is 11.8 Å². The van der Waals surface area contributed by atoms with Gasteiger partial charge in [-0.2, -0.15) is 22.0 Å². The molecule has 0 bridgehead atoms. The Morgan fingerprint density at radius 3 is 1.69 bits per heavy atom. The van der Waals surface area contributed by atoms with Gasteiger partial charge in [-0.25, -0.2) is 0 Å². The maximum absolute atomic E-state index is 12.7. The molecule has 0 aliphatic rings. The van der Waals surface area contributed by atoms with E-state index in [0.29, 0.717) is 4.90 Å². The lowest BCUT2D eigenvalue weighted by Gasteiger charge is -2.19. The molecule has 0 spiro atoms. The van der Waals surface area contributed by atoms with Crippen LogP contribution in [0.4, 0.5) is 22.0 Å². The summed E-state index contributed by atoms with van der Waals surface area (Å²) in [5, 5.41) is 0. The topological polar surface area (TPSA) is 3.24 Å². The number of hydrogen-bond acceptors (Lipinski definition) is 1. The highest BCUT2D eigenvalue weighted by Crippen LogP contribution is 2.30. The third kappa shape index (κ3) is 3.20.